The molecule has 0 aliphatic carbocycles. The molecule has 0 unspecified atom stereocenters. The number of carbonyl (C=O) groups excluding carboxylic acids is 2. The molecular weight excluding hydrogens is 498 g/mol. The van der Waals surface area contributed by atoms with Gasteiger partial charge in [-0.05, 0) is 87.2 Å². The van der Waals surface area contributed by atoms with Crippen LogP contribution in [0, 0.1) is 6.92 Å². The van der Waals surface area contributed by atoms with E-state index in [0.717, 1.165) is 64.1 Å². The lowest BCUT2D eigenvalue weighted by Gasteiger charge is -2.36. The summed E-state index contributed by atoms with van der Waals surface area (Å²) in [5.74, 6) is -0.0796. The molecule has 1 aliphatic heterocycles. The van der Waals surface area contributed by atoms with E-state index >= 15 is 0 Å². The van der Waals surface area contributed by atoms with Crippen molar-refractivity contribution in [3.63, 3.8) is 0 Å². The molecule has 2 amide bonds. The van der Waals surface area contributed by atoms with Gasteiger partial charge < -0.3 is 24.6 Å². The molecule has 0 spiro atoms. The third-order valence-corrected chi connectivity index (χ3v) is 8.96. The third kappa shape index (κ3) is 6.34. The lowest BCUT2D eigenvalue weighted by atomic mass is 10.0. The molecule has 1 saturated heterocycles. The van der Waals surface area contributed by atoms with Crippen LogP contribution in [0.1, 0.15) is 34.5 Å². The Balaban J connectivity index is 1.54. The summed E-state index contributed by atoms with van der Waals surface area (Å²) in [6.07, 6.45) is 4.38. The third-order valence-electron chi connectivity index (χ3n) is 7.70. The monoisotopic (exact) mass is 537 g/mol. The van der Waals surface area contributed by atoms with Gasteiger partial charge in [-0.25, -0.2) is 0 Å². The van der Waals surface area contributed by atoms with E-state index in [2.05, 4.69) is 35.3 Å². The predicted octanol–water partition coefficient (Wildman–Crippen LogP) is 3.18. The fraction of sp³-hybridized carbons (Fsp3) is 0.483. The Labute approximate surface area is 228 Å². The molecule has 1 aliphatic rings. The van der Waals surface area contributed by atoms with Crippen LogP contribution in [0.2, 0.25) is 0 Å². The van der Waals surface area contributed by atoms with E-state index in [9.17, 15) is 14.4 Å². The van der Waals surface area contributed by atoms with E-state index in [-0.39, 0.29) is 23.8 Å². The summed E-state index contributed by atoms with van der Waals surface area (Å²) in [7, 11) is 7.65. The van der Waals surface area contributed by atoms with Crippen LogP contribution in [0.4, 0.5) is 0 Å². The second kappa shape index (κ2) is 12.2. The van der Waals surface area contributed by atoms with Crippen LogP contribution in [0.15, 0.2) is 41.3 Å². The molecule has 8 nitrogen and oxygen atoms in total. The van der Waals surface area contributed by atoms with Crippen LogP contribution in [0.25, 0.3) is 21.2 Å². The van der Waals surface area contributed by atoms with E-state index in [1.165, 1.54) is 11.3 Å². The molecule has 38 heavy (non-hydrogen) atoms. The first kappa shape index (κ1) is 28.0. The number of nitrogens with zero attached hydrogens (tertiary/aromatic N) is 4. The summed E-state index contributed by atoms with van der Waals surface area (Å²) in [4.78, 5) is 45.0. The molecule has 0 atom stereocenters. The number of hydrogen-bond acceptors (Lipinski definition) is 6. The van der Waals surface area contributed by atoms with Crippen LogP contribution in [-0.2, 0) is 11.8 Å². The molecule has 1 aromatic carbocycles. The van der Waals surface area contributed by atoms with Crippen molar-refractivity contribution in [1.82, 2.24) is 24.6 Å². The SMILES string of the molecule is CNC(=O)CCN(CCN1CCC(N(C)C)CC1)C(=O)c1sc2ccc(-c3ccc(=O)n(C)c3)cc2c1C. The molecule has 9 heteroatoms. The largest absolute Gasteiger partial charge is 0.359 e. The molecule has 3 heterocycles. The molecule has 204 valence electrons. The van der Waals surface area contributed by atoms with Crippen molar-refractivity contribution in [2.45, 2.75) is 32.2 Å². The average Bonchev–Trinajstić information content (AvgIpc) is 3.25. The van der Waals surface area contributed by atoms with Crippen molar-refractivity contribution >= 4 is 33.2 Å². The average molecular weight is 538 g/mol. The first-order chi connectivity index (χ1) is 18.2. The van der Waals surface area contributed by atoms with Gasteiger partial charge in [-0.1, -0.05) is 6.07 Å². The van der Waals surface area contributed by atoms with Gasteiger partial charge in [0.15, 0.2) is 0 Å². The zero-order chi connectivity index (χ0) is 27.4. The van der Waals surface area contributed by atoms with Crippen molar-refractivity contribution < 1.29 is 9.59 Å². The Kier molecular flexibility index (Phi) is 9.02. The van der Waals surface area contributed by atoms with Crippen LogP contribution < -0.4 is 10.9 Å². The molecule has 3 aromatic rings. The zero-order valence-electron chi connectivity index (χ0n) is 23.1. The molecule has 1 N–H and O–H groups in total. The summed E-state index contributed by atoms with van der Waals surface area (Å²) in [6.45, 7) is 5.84. The van der Waals surface area contributed by atoms with E-state index in [1.807, 2.05) is 36.2 Å². The van der Waals surface area contributed by atoms with Gasteiger partial charge in [-0.15, -0.1) is 11.3 Å². The number of amides is 2. The second-order valence-corrected chi connectivity index (χ2v) is 11.4. The fourth-order valence-electron chi connectivity index (χ4n) is 5.11. The van der Waals surface area contributed by atoms with Crippen LogP contribution in [0.5, 0.6) is 0 Å². The molecule has 2 aromatic heterocycles. The number of piperidine rings is 1. The highest BCUT2D eigenvalue weighted by atomic mass is 32.1. The minimum Gasteiger partial charge on any atom is -0.359 e. The molecule has 4 rings (SSSR count). The Morgan fingerprint density at radius 3 is 2.45 bits per heavy atom. The van der Waals surface area contributed by atoms with Gasteiger partial charge in [0.2, 0.25) is 11.5 Å². The highest BCUT2D eigenvalue weighted by molar-refractivity contribution is 7.21. The Morgan fingerprint density at radius 2 is 1.79 bits per heavy atom. The number of aryl methyl sites for hydroxylation is 2. The molecule has 1 fully saturated rings. The molecule has 0 radical (unpaired) electrons. The number of fused-ring (bicyclic) bond motifs is 1. The number of likely N-dealkylation sites (tertiary alicyclic amines) is 1. The quantitative estimate of drug-likeness (QED) is 0.454. The fourth-order valence-corrected chi connectivity index (χ4v) is 6.27. The van der Waals surface area contributed by atoms with Gasteiger partial charge in [-0.3, -0.25) is 14.4 Å². The summed E-state index contributed by atoms with van der Waals surface area (Å²) in [5, 5.41) is 3.71. The molecule has 0 bridgehead atoms. The number of aromatic nitrogens is 1. The van der Waals surface area contributed by atoms with Crippen LogP contribution in [0.3, 0.4) is 0 Å². The number of hydrogen-bond donors (Lipinski definition) is 1. The first-order valence-corrected chi connectivity index (χ1v) is 14.1. The summed E-state index contributed by atoms with van der Waals surface area (Å²) < 4.78 is 2.62. The predicted molar refractivity (Wildman–Crippen MR) is 155 cm³/mol. The lowest BCUT2D eigenvalue weighted by Crippen LogP contribution is -2.45. The van der Waals surface area contributed by atoms with Crippen molar-refractivity contribution in [2.24, 2.45) is 7.05 Å². The topological polar surface area (TPSA) is 77.9 Å². The Bertz CT molecular complexity index is 1350. The van der Waals surface area contributed by atoms with Crippen LogP contribution in [-0.4, -0.2) is 91.0 Å². The van der Waals surface area contributed by atoms with Crippen molar-refractivity contribution in [3.8, 4) is 11.1 Å². The van der Waals surface area contributed by atoms with E-state index < -0.39 is 0 Å². The first-order valence-electron chi connectivity index (χ1n) is 13.3. The Hall–Kier alpha value is -3.01. The lowest BCUT2D eigenvalue weighted by molar-refractivity contribution is -0.120. The van der Waals surface area contributed by atoms with E-state index in [4.69, 9.17) is 0 Å². The van der Waals surface area contributed by atoms with Gasteiger partial charge in [0.25, 0.3) is 5.91 Å². The second-order valence-electron chi connectivity index (χ2n) is 10.4. The minimum absolute atomic E-state index is 0.0144. The summed E-state index contributed by atoms with van der Waals surface area (Å²) in [5.41, 5.74) is 2.87. The normalized spacial score (nSPS) is 14.8. The van der Waals surface area contributed by atoms with Gasteiger partial charge in [0, 0.05) is 63.2 Å². The highest BCUT2D eigenvalue weighted by Crippen LogP contribution is 2.34. The van der Waals surface area contributed by atoms with E-state index in [0.29, 0.717) is 19.1 Å². The number of carbonyl (C=O) groups is 2. The number of nitrogens with one attached hydrogen (secondary N) is 1. The summed E-state index contributed by atoms with van der Waals surface area (Å²) >= 11 is 1.51. The van der Waals surface area contributed by atoms with E-state index in [1.54, 1.807) is 24.7 Å². The Morgan fingerprint density at radius 1 is 1.08 bits per heavy atom. The number of rotatable bonds is 9. The number of benzene rings is 1. The van der Waals surface area contributed by atoms with Gasteiger partial charge in [0.05, 0.1) is 4.88 Å². The molecule has 0 saturated carbocycles. The highest BCUT2D eigenvalue weighted by Gasteiger charge is 2.25. The van der Waals surface area contributed by atoms with Gasteiger partial charge in [-0.2, -0.15) is 0 Å². The molecular formula is C29H39N5O3S. The smallest absolute Gasteiger partial charge is 0.264 e. The minimum atomic E-state index is -0.0652. The number of thiophene rings is 1. The standard InChI is InChI=1S/C29H39N5O3S/c1-20-24-18-21(22-7-9-27(36)32(5)19-22)6-8-25(24)38-28(20)29(37)34(15-12-26(35)30-2)17-16-33-13-10-23(11-14-33)31(3)4/h6-9,18-19,23H,10-17H2,1-5H3,(H,30,35). The maximum atomic E-state index is 13.8. The zero-order valence-corrected chi connectivity index (χ0v) is 23.9. The van der Waals surface area contributed by atoms with Crippen molar-refractivity contribution in [2.75, 3.05) is 53.9 Å². The van der Waals surface area contributed by atoms with Crippen LogP contribution >= 0.6 is 11.3 Å². The van der Waals surface area contributed by atoms with Gasteiger partial charge in [0.1, 0.15) is 0 Å². The maximum absolute atomic E-state index is 13.8. The van der Waals surface area contributed by atoms with Gasteiger partial charge >= 0.3 is 0 Å². The van der Waals surface area contributed by atoms with Crippen molar-refractivity contribution in [3.05, 3.63) is 57.3 Å². The number of pyridine rings is 1. The summed E-state index contributed by atoms with van der Waals surface area (Å²) in [6, 6.07) is 10.2. The van der Waals surface area contributed by atoms with Crippen molar-refractivity contribution in [1.29, 1.82) is 0 Å². The maximum Gasteiger partial charge on any atom is 0.264 e.